The molecule has 1 unspecified atom stereocenters. The molecule has 1 atom stereocenters. The third kappa shape index (κ3) is 4.09. The van der Waals surface area contributed by atoms with Crippen molar-refractivity contribution in [2.75, 3.05) is 26.2 Å². The average molecular weight is 410 g/mol. The van der Waals surface area contributed by atoms with E-state index in [1.54, 1.807) is 0 Å². The monoisotopic (exact) mass is 409 g/mol. The molecular weight excluding hydrogens is 370 g/mol. The second kappa shape index (κ2) is 8.12. The molecular formula is C26H39N3O. The van der Waals surface area contributed by atoms with Gasteiger partial charge in [-0.1, -0.05) is 39.8 Å². The maximum Gasteiger partial charge on any atom is 0.113 e. The van der Waals surface area contributed by atoms with Crippen molar-refractivity contribution in [3.05, 3.63) is 41.3 Å². The summed E-state index contributed by atoms with van der Waals surface area (Å²) in [6, 6.07) is 7.05. The van der Waals surface area contributed by atoms with Gasteiger partial charge in [-0.15, -0.1) is 0 Å². The summed E-state index contributed by atoms with van der Waals surface area (Å²) in [4.78, 5) is 7.63. The van der Waals surface area contributed by atoms with Gasteiger partial charge in [-0.25, -0.2) is 4.98 Å². The van der Waals surface area contributed by atoms with Crippen molar-refractivity contribution in [1.29, 1.82) is 0 Å². The molecule has 1 saturated heterocycles. The standard InChI is InChI=1S/C26H39N3O/c1-25(2)11-12-26(3,4)22-16-19(9-10-21(22)25)23-18-28(5)24(27-23)20-8-6-13-29(17-20)14-7-15-30/h9-10,16,18,20,30H,6-8,11-15,17H2,1-5H3. The molecule has 164 valence electrons. The lowest BCUT2D eigenvalue weighted by atomic mass is 9.63. The van der Waals surface area contributed by atoms with Gasteiger partial charge in [0, 0.05) is 44.4 Å². The molecule has 0 bridgehead atoms. The van der Waals surface area contributed by atoms with Gasteiger partial charge in [0.25, 0.3) is 0 Å². The molecule has 4 nitrogen and oxygen atoms in total. The van der Waals surface area contributed by atoms with Gasteiger partial charge in [0.1, 0.15) is 5.82 Å². The molecule has 1 N–H and O–H groups in total. The highest BCUT2D eigenvalue weighted by Gasteiger charge is 2.37. The summed E-state index contributed by atoms with van der Waals surface area (Å²) in [5, 5.41) is 9.16. The van der Waals surface area contributed by atoms with Crippen molar-refractivity contribution in [1.82, 2.24) is 14.5 Å². The number of benzene rings is 1. The van der Waals surface area contributed by atoms with E-state index in [4.69, 9.17) is 10.1 Å². The Bertz CT molecular complexity index is 896. The number of hydrogen-bond donors (Lipinski definition) is 1. The molecule has 0 radical (unpaired) electrons. The number of piperidine rings is 1. The highest BCUT2D eigenvalue weighted by atomic mass is 16.3. The van der Waals surface area contributed by atoms with E-state index in [-0.39, 0.29) is 17.4 Å². The number of aromatic nitrogens is 2. The lowest BCUT2D eigenvalue weighted by Crippen LogP contribution is -2.36. The van der Waals surface area contributed by atoms with Crippen LogP contribution in [0.2, 0.25) is 0 Å². The van der Waals surface area contributed by atoms with E-state index in [2.05, 4.69) is 68.6 Å². The van der Waals surface area contributed by atoms with Crippen LogP contribution in [-0.4, -0.2) is 45.8 Å². The van der Waals surface area contributed by atoms with Crippen molar-refractivity contribution in [3.8, 4) is 11.3 Å². The Morgan fingerprint density at radius 1 is 1.10 bits per heavy atom. The maximum absolute atomic E-state index is 9.16. The quantitative estimate of drug-likeness (QED) is 0.756. The molecule has 30 heavy (non-hydrogen) atoms. The fourth-order valence-electron chi connectivity index (χ4n) is 5.51. The van der Waals surface area contributed by atoms with Crippen LogP contribution in [0.5, 0.6) is 0 Å². The Morgan fingerprint density at radius 3 is 2.57 bits per heavy atom. The van der Waals surface area contributed by atoms with Gasteiger partial charge in [-0.3, -0.25) is 0 Å². The molecule has 1 aromatic carbocycles. The van der Waals surface area contributed by atoms with E-state index < -0.39 is 0 Å². The predicted octanol–water partition coefficient (Wildman–Crippen LogP) is 5.00. The normalized spacial score (nSPS) is 23.3. The Hall–Kier alpha value is -1.65. The largest absolute Gasteiger partial charge is 0.396 e. The van der Waals surface area contributed by atoms with E-state index in [1.807, 2.05) is 0 Å². The van der Waals surface area contributed by atoms with Crippen LogP contribution in [-0.2, 0) is 17.9 Å². The molecule has 1 fully saturated rings. The molecule has 2 heterocycles. The highest BCUT2D eigenvalue weighted by Crippen LogP contribution is 2.46. The minimum atomic E-state index is 0.217. The minimum Gasteiger partial charge on any atom is -0.396 e. The fourth-order valence-corrected chi connectivity index (χ4v) is 5.51. The summed E-state index contributed by atoms with van der Waals surface area (Å²) in [6.45, 7) is 13.0. The number of aliphatic hydroxyl groups is 1. The van der Waals surface area contributed by atoms with E-state index in [1.165, 1.54) is 48.2 Å². The lowest BCUT2D eigenvalue weighted by Gasteiger charge is -2.42. The average Bonchev–Trinajstić information content (AvgIpc) is 3.12. The molecule has 1 aromatic heterocycles. The van der Waals surface area contributed by atoms with Crippen LogP contribution >= 0.6 is 0 Å². The Balaban J connectivity index is 1.62. The summed E-state index contributed by atoms with van der Waals surface area (Å²) < 4.78 is 2.24. The van der Waals surface area contributed by atoms with Crippen LogP contribution in [0.1, 0.15) is 82.7 Å². The van der Waals surface area contributed by atoms with Crippen LogP contribution in [0.4, 0.5) is 0 Å². The molecule has 4 heteroatoms. The third-order valence-electron chi connectivity index (χ3n) is 7.56. The van der Waals surface area contributed by atoms with Gasteiger partial charge in [-0.2, -0.15) is 0 Å². The van der Waals surface area contributed by atoms with Crippen LogP contribution in [0, 0.1) is 0 Å². The van der Waals surface area contributed by atoms with E-state index >= 15 is 0 Å². The number of imidazole rings is 1. The van der Waals surface area contributed by atoms with Gasteiger partial charge < -0.3 is 14.6 Å². The summed E-state index contributed by atoms with van der Waals surface area (Å²) in [7, 11) is 2.14. The van der Waals surface area contributed by atoms with E-state index in [0.717, 1.165) is 31.7 Å². The van der Waals surface area contributed by atoms with Crippen LogP contribution < -0.4 is 0 Å². The first kappa shape index (κ1) is 21.6. The van der Waals surface area contributed by atoms with Crippen molar-refractivity contribution >= 4 is 0 Å². The summed E-state index contributed by atoms with van der Waals surface area (Å²) in [5.74, 6) is 1.68. The van der Waals surface area contributed by atoms with Crippen molar-refractivity contribution in [2.45, 2.75) is 76.5 Å². The Kier molecular flexibility index (Phi) is 5.84. The second-order valence-electron chi connectivity index (χ2n) is 10.8. The number of nitrogens with zero attached hydrogens (tertiary/aromatic N) is 3. The van der Waals surface area contributed by atoms with Gasteiger partial charge in [0.05, 0.1) is 5.69 Å². The molecule has 1 aliphatic heterocycles. The molecule has 2 aromatic rings. The Labute approximate surface area is 182 Å². The summed E-state index contributed by atoms with van der Waals surface area (Å²) >= 11 is 0. The van der Waals surface area contributed by atoms with Crippen LogP contribution in [0.15, 0.2) is 24.4 Å². The maximum atomic E-state index is 9.16. The molecule has 1 aliphatic carbocycles. The van der Waals surface area contributed by atoms with Gasteiger partial charge >= 0.3 is 0 Å². The number of rotatable bonds is 5. The Morgan fingerprint density at radius 2 is 1.83 bits per heavy atom. The number of aliphatic hydroxyl groups excluding tert-OH is 1. The van der Waals surface area contributed by atoms with E-state index in [0.29, 0.717) is 5.92 Å². The zero-order valence-electron chi connectivity index (χ0n) is 19.5. The van der Waals surface area contributed by atoms with Crippen molar-refractivity contribution in [2.24, 2.45) is 7.05 Å². The number of aryl methyl sites for hydroxylation is 1. The van der Waals surface area contributed by atoms with Crippen molar-refractivity contribution < 1.29 is 5.11 Å². The summed E-state index contributed by atoms with van der Waals surface area (Å²) in [5.41, 5.74) is 5.81. The molecule has 2 aliphatic rings. The topological polar surface area (TPSA) is 41.3 Å². The third-order valence-corrected chi connectivity index (χ3v) is 7.56. The molecule has 0 amide bonds. The first-order valence-electron chi connectivity index (χ1n) is 11.7. The van der Waals surface area contributed by atoms with Gasteiger partial charge in [0.15, 0.2) is 0 Å². The lowest BCUT2D eigenvalue weighted by molar-refractivity contribution is 0.181. The first-order valence-corrected chi connectivity index (χ1v) is 11.7. The van der Waals surface area contributed by atoms with Crippen LogP contribution in [0.3, 0.4) is 0 Å². The molecule has 0 spiro atoms. The van der Waals surface area contributed by atoms with Crippen molar-refractivity contribution in [3.63, 3.8) is 0 Å². The number of likely N-dealkylation sites (tertiary alicyclic amines) is 1. The second-order valence-corrected chi connectivity index (χ2v) is 10.8. The zero-order chi connectivity index (χ0) is 21.5. The van der Waals surface area contributed by atoms with E-state index in [9.17, 15) is 0 Å². The predicted molar refractivity (Wildman–Crippen MR) is 124 cm³/mol. The van der Waals surface area contributed by atoms with Gasteiger partial charge in [0.2, 0.25) is 0 Å². The highest BCUT2D eigenvalue weighted by molar-refractivity contribution is 5.63. The molecule has 4 rings (SSSR count). The summed E-state index contributed by atoms with van der Waals surface area (Å²) in [6.07, 6.45) is 7.96. The van der Waals surface area contributed by atoms with Gasteiger partial charge in [-0.05, 0) is 66.7 Å². The zero-order valence-corrected chi connectivity index (χ0v) is 19.5. The fraction of sp³-hybridized carbons (Fsp3) is 0.654. The first-order chi connectivity index (χ1) is 14.2. The molecule has 0 saturated carbocycles. The SMILES string of the molecule is Cn1cc(-c2ccc3c(c2)C(C)(C)CCC3(C)C)nc1C1CCCN(CCCO)C1. The minimum absolute atomic E-state index is 0.217. The smallest absolute Gasteiger partial charge is 0.113 e. The van der Waals surface area contributed by atoms with Crippen LogP contribution in [0.25, 0.3) is 11.3 Å². The number of fused-ring (bicyclic) bond motifs is 1. The number of hydrogen-bond acceptors (Lipinski definition) is 3.